The normalized spacial score (nSPS) is 14.9. The summed E-state index contributed by atoms with van der Waals surface area (Å²) in [5.74, 6) is -0.284. The fraction of sp³-hybridized carbons (Fsp3) is 0.188. The Hall–Kier alpha value is -2.05. The molecule has 2 aromatic carbocycles. The molecule has 1 aliphatic heterocycles. The lowest BCUT2D eigenvalue weighted by molar-refractivity contribution is 0.0958. The van der Waals surface area contributed by atoms with E-state index in [1.54, 1.807) is 43.3 Å². The highest BCUT2D eigenvalue weighted by atomic mass is 35.5. The van der Waals surface area contributed by atoms with Crippen molar-refractivity contribution < 1.29 is 13.2 Å². The van der Waals surface area contributed by atoms with Gasteiger partial charge in [0.05, 0.1) is 22.8 Å². The predicted octanol–water partition coefficient (Wildman–Crippen LogP) is 2.59. The van der Waals surface area contributed by atoms with Gasteiger partial charge in [0.2, 0.25) is 0 Å². The van der Waals surface area contributed by atoms with Crippen molar-refractivity contribution in [1.82, 2.24) is 5.32 Å². The summed E-state index contributed by atoms with van der Waals surface area (Å²) in [7, 11) is -3.87. The second kappa shape index (κ2) is 5.86. The van der Waals surface area contributed by atoms with E-state index < -0.39 is 10.0 Å². The SMILES string of the molecule is Cc1cccc(S(=O)(=O)N2CCNC(=O)c3ccccc32)c1Cl. The van der Waals surface area contributed by atoms with Crippen LogP contribution >= 0.6 is 11.6 Å². The lowest BCUT2D eigenvalue weighted by atomic mass is 10.2. The van der Waals surface area contributed by atoms with Gasteiger partial charge in [-0.3, -0.25) is 9.10 Å². The Morgan fingerprint density at radius 2 is 1.87 bits per heavy atom. The van der Waals surface area contributed by atoms with Crippen molar-refractivity contribution >= 4 is 33.2 Å². The lowest BCUT2D eigenvalue weighted by Gasteiger charge is -2.24. The van der Waals surface area contributed by atoms with Gasteiger partial charge in [0.25, 0.3) is 15.9 Å². The predicted molar refractivity (Wildman–Crippen MR) is 89.5 cm³/mol. The molecule has 0 bridgehead atoms. The summed E-state index contributed by atoms with van der Waals surface area (Å²) in [5.41, 5.74) is 1.38. The maximum atomic E-state index is 13.1. The van der Waals surface area contributed by atoms with Gasteiger partial charge in [0.1, 0.15) is 4.90 Å². The summed E-state index contributed by atoms with van der Waals surface area (Å²) in [5, 5.41) is 2.90. The number of rotatable bonds is 2. The molecule has 0 radical (unpaired) electrons. The van der Waals surface area contributed by atoms with Crippen molar-refractivity contribution in [3.05, 3.63) is 58.6 Å². The third-order valence-corrected chi connectivity index (χ3v) is 6.21. The van der Waals surface area contributed by atoms with Gasteiger partial charge in [-0.25, -0.2) is 8.42 Å². The number of amides is 1. The number of sulfonamides is 1. The number of nitrogens with one attached hydrogen (secondary N) is 1. The third kappa shape index (κ3) is 2.68. The molecule has 23 heavy (non-hydrogen) atoms. The first-order valence-electron chi connectivity index (χ1n) is 7.08. The highest BCUT2D eigenvalue weighted by Crippen LogP contribution is 2.32. The second-order valence-electron chi connectivity index (χ2n) is 5.24. The highest BCUT2D eigenvalue weighted by Gasteiger charge is 2.31. The van der Waals surface area contributed by atoms with Crippen LogP contribution in [0.2, 0.25) is 5.02 Å². The number of fused-ring (bicyclic) bond motifs is 1. The third-order valence-electron chi connectivity index (χ3n) is 3.74. The number of hydrogen-bond donors (Lipinski definition) is 1. The van der Waals surface area contributed by atoms with E-state index in [1.807, 2.05) is 0 Å². The molecule has 5 nitrogen and oxygen atoms in total. The van der Waals surface area contributed by atoms with Gasteiger partial charge in [-0.15, -0.1) is 0 Å². The van der Waals surface area contributed by atoms with E-state index in [0.717, 1.165) is 0 Å². The van der Waals surface area contributed by atoms with Gasteiger partial charge in [0, 0.05) is 6.54 Å². The molecule has 0 fully saturated rings. The standard InChI is InChI=1S/C16H15ClN2O3S/c1-11-5-4-8-14(15(11)17)23(21,22)19-10-9-18-16(20)12-6-2-3-7-13(12)19/h2-8H,9-10H2,1H3,(H,18,20). The molecule has 0 spiro atoms. The smallest absolute Gasteiger partial charge is 0.265 e. The number of halogens is 1. The molecule has 0 saturated heterocycles. The summed E-state index contributed by atoms with van der Waals surface area (Å²) in [6.07, 6.45) is 0. The molecule has 0 atom stereocenters. The van der Waals surface area contributed by atoms with Crippen molar-refractivity contribution in [2.24, 2.45) is 0 Å². The van der Waals surface area contributed by atoms with E-state index in [2.05, 4.69) is 5.32 Å². The molecule has 120 valence electrons. The maximum absolute atomic E-state index is 13.1. The van der Waals surface area contributed by atoms with E-state index in [0.29, 0.717) is 16.8 Å². The van der Waals surface area contributed by atoms with Gasteiger partial charge in [-0.2, -0.15) is 0 Å². The van der Waals surface area contributed by atoms with Crippen molar-refractivity contribution in [1.29, 1.82) is 0 Å². The van der Waals surface area contributed by atoms with Crippen LogP contribution in [0.4, 0.5) is 5.69 Å². The van der Waals surface area contributed by atoms with Crippen molar-refractivity contribution in [3.8, 4) is 0 Å². The second-order valence-corrected chi connectivity index (χ2v) is 7.45. The molecule has 0 aliphatic carbocycles. The minimum Gasteiger partial charge on any atom is -0.350 e. The molecule has 1 amide bonds. The molecule has 2 aromatic rings. The number of nitrogens with zero attached hydrogens (tertiary/aromatic N) is 1. The van der Waals surface area contributed by atoms with Crippen LogP contribution in [0.1, 0.15) is 15.9 Å². The fourth-order valence-corrected chi connectivity index (χ4v) is 4.60. The largest absolute Gasteiger partial charge is 0.350 e. The van der Waals surface area contributed by atoms with E-state index in [-0.39, 0.29) is 28.9 Å². The monoisotopic (exact) mass is 350 g/mol. The van der Waals surface area contributed by atoms with Crippen molar-refractivity contribution in [2.75, 3.05) is 17.4 Å². The van der Waals surface area contributed by atoms with Crippen LogP contribution in [-0.4, -0.2) is 27.4 Å². The summed E-state index contributed by atoms with van der Waals surface area (Å²) in [4.78, 5) is 12.1. The van der Waals surface area contributed by atoms with E-state index in [9.17, 15) is 13.2 Å². The minimum atomic E-state index is -3.87. The zero-order valence-corrected chi connectivity index (χ0v) is 14.0. The number of carbonyl (C=O) groups is 1. The van der Waals surface area contributed by atoms with Gasteiger partial charge in [0.15, 0.2) is 0 Å². The number of anilines is 1. The van der Waals surface area contributed by atoms with Crippen LogP contribution in [0.25, 0.3) is 0 Å². The number of benzene rings is 2. The van der Waals surface area contributed by atoms with Crippen molar-refractivity contribution in [3.63, 3.8) is 0 Å². The summed E-state index contributed by atoms with van der Waals surface area (Å²) in [6, 6.07) is 11.5. The van der Waals surface area contributed by atoms with Crippen LogP contribution in [0.15, 0.2) is 47.4 Å². The fourth-order valence-electron chi connectivity index (χ4n) is 2.56. The summed E-state index contributed by atoms with van der Waals surface area (Å²) >= 11 is 6.21. The molecule has 0 unspecified atom stereocenters. The number of para-hydroxylation sites is 1. The number of aryl methyl sites for hydroxylation is 1. The molecule has 7 heteroatoms. The van der Waals surface area contributed by atoms with Crippen LogP contribution in [0, 0.1) is 6.92 Å². The Morgan fingerprint density at radius 3 is 2.65 bits per heavy atom. The van der Waals surface area contributed by atoms with E-state index in [4.69, 9.17) is 11.6 Å². The van der Waals surface area contributed by atoms with Crippen molar-refractivity contribution in [2.45, 2.75) is 11.8 Å². The average molecular weight is 351 g/mol. The maximum Gasteiger partial charge on any atom is 0.265 e. The summed E-state index contributed by atoms with van der Waals surface area (Å²) in [6.45, 7) is 2.13. The zero-order chi connectivity index (χ0) is 16.6. The zero-order valence-electron chi connectivity index (χ0n) is 12.4. The van der Waals surface area contributed by atoms with Gasteiger partial charge in [-0.05, 0) is 30.7 Å². The first-order valence-corrected chi connectivity index (χ1v) is 8.90. The molecular weight excluding hydrogens is 336 g/mol. The topological polar surface area (TPSA) is 66.5 Å². The molecule has 1 aliphatic rings. The van der Waals surface area contributed by atoms with E-state index in [1.165, 1.54) is 10.4 Å². The Morgan fingerprint density at radius 1 is 1.13 bits per heavy atom. The minimum absolute atomic E-state index is 0.0447. The highest BCUT2D eigenvalue weighted by molar-refractivity contribution is 7.93. The average Bonchev–Trinajstić information content (AvgIpc) is 2.70. The molecule has 0 aromatic heterocycles. The van der Waals surface area contributed by atoms with E-state index >= 15 is 0 Å². The lowest BCUT2D eigenvalue weighted by Crippen LogP contribution is -2.35. The van der Waals surface area contributed by atoms with Crippen LogP contribution in [0.3, 0.4) is 0 Å². The Bertz CT molecular complexity index is 881. The molecule has 0 saturated carbocycles. The number of carbonyl (C=O) groups excluding carboxylic acids is 1. The Balaban J connectivity index is 2.19. The first-order chi connectivity index (χ1) is 10.9. The molecule has 1 heterocycles. The Labute approximate surface area is 139 Å². The Kier molecular flexibility index (Phi) is 4.04. The van der Waals surface area contributed by atoms with Crippen LogP contribution < -0.4 is 9.62 Å². The summed E-state index contributed by atoms with van der Waals surface area (Å²) < 4.78 is 27.4. The molecular formula is C16H15ClN2O3S. The molecule has 1 N–H and O–H groups in total. The van der Waals surface area contributed by atoms with Gasteiger partial charge >= 0.3 is 0 Å². The number of hydrogen-bond acceptors (Lipinski definition) is 3. The van der Waals surface area contributed by atoms with Gasteiger partial charge < -0.3 is 5.32 Å². The first kappa shape index (κ1) is 15.8. The van der Waals surface area contributed by atoms with Crippen LogP contribution in [0.5, 0.6) is 0 Å². The molecule has 3 rings (SSSR count). The quantitative estimate of drug-likeness (QED) is 0.905. The van der Waals surface area contributed by atoms with Crippen LogP contribution in [-0.2, 0) is 10.0 Å². The van der Waals surface area contributed by atoms with Gasteiger partial charge in [-0.1, -0.05) is 35.9 Å².